The first-order valence-corrected chi connectivity index (χ1v) is 7.34. The Morgan fingerprint density at radius 3 is 3.05 bits per heavy atom. The van der Waals surface area contributed by atoms with Crippen molar-refractivity contribution in [3.8, 4) is 0 Å². The topological polar surface area (TPSA) is 62.7 Å². The van der Waals surface area contributed by atoms with Gasteiger partial charge in [0.15, 0.2) is 0 Å². The molecule has 2 rings (SSSR count). The van der Waals surface area contributed by atoms with Gasteiger partial charge in [-0.15, -0.1) is 0 Å². The highest BCUT2D eigenvalue weighted by atomic mass is 16.3. The van der Waals surface area contributed by atoms with Crippen LogP contribution in [0.15, 0.2) is 22.8 Å². The quantitative estimate of drug-likeness (QED) is 0.882. The number of nitrogens with zero attached hydrogens (tertiary/aromatic N) is 2. The molecule has 1 aromatic heterocycles. The fourth-order valence-electron chi connectivity index (χ4n) is 2.74. The number of carbonyl (C=O) groups excluding carboxylic acids is 1. The van der Waals surface area contributed by atoms with Crippen molar-refractivity contribution in [2.45, 2.75) is 32.4 Å². The number of hydrogen-bond acceptors (Lipinski definition) is 4. The number of hydrogen-bond donors (Lipinski definition) is 1. The molecule has 0 aliphatic carbocycles. The van der Waals surface area contributed by atoms with E-state index >= 15 is 0 Å². The van der Waals surface area contributed by atoms with Crippen LogP contribution in [0.25, 0.3) is 0 Å². The molecule has 20 heavy (non-hydrogen) atoms. The average molecular weight is 279 g/mol. The molecule has 0 saturated carbocycles. The van der Waals surface area contributed by atoms with Crippen molar-refractivity contribution in [1.29, 1.82) is 0 Å². The number of rotatable bonds is 5. The molecular weight excluding hydrogens is 254 g/mol. The largest absolute Gasteiger partial charge is 0.467 e. The fraction of sp³-hybridized carbons (Fsp3) is 0.667. The molecule has 1 saturated heterocycles. The molecule has 5 heteroatoms. The molecule has 112 valence electrons. The van der Waals surface area contributed by atoms with Gasteiger partial charge in [-0.25, -0.2) is 0 Å². The van der Waals surface area contributed by atoms with Crippen LogP contribution in [0.3, 0.4) is 0 Å². The van der Waals surface area contributed by atoms with Gasteiger partial charge >= 0.3 is 0 Å². The van der Waals surface area contributed by atoms with Gasteiger partial charge in [-0.3, -0.25) is 9.69 Å². The molecule has 1 fully saturated rings. The van der Waals surface area contributed by atoms with Crippen LogP contribution in [0.1, 0.15) is 25.5 Å². The highest BCUT2D eigenvalue weighted by molar-refractivity contribution is 5.77. The van der Waals surface area contributed by atoms with Gasteiger partial charge in [0.2, 0.25) is 5.91 Å². The molecule has 5 nitrogen and oxygen atoms in total. The van der Waals surface area contributed by atoms with Crippen molar-refractivity contribution in [3.05, 3.63) is 24.2 Å². The van der Waals surface area contributed by atoms with Gasteiger partial charge in [-0.1, -0.05) is 13.3 Å². The minimum Gasteiger partial charge on any atom is -0.467 e. The van der Waals surface area contributed by atoms with Crippen LogP contribution in [0.2, 0.25) is 0 Å². The minimum absolute atomic E-state index is 0.131. The van der Waals surface area contributed by atoms with Crippen molar-refractivity contribution in [1.82, 2.24) is 9.80 Å². The molecule has 0 radical (unpaired) electrons. The molecule has 1 aliphatic rings. The van der Waals surface area contributed by atoms with Gasteiger partial charge < -0.3 is 15.1 Å². The number of nitrogens with two attached hydrogens (primary N) is 1. The Balaban J connectivity index is 1.81. The van der Waals surface area contributed by atoms with E-state index in [-0.39, 0.29) is 11.9 Å². The highest BCUT2D eigenvalue weighted by Gasteiger charge is 2.27. The lowest BCUT2D eigenvalue weighted by atomic mass is 9.91. The molecule has 0 spiro atoms. The molecule has 2 N–H and O–H groups in total. The van der Waals surface area contributed by atoms with Gasteiger partial charge in [0, 0.05) is 26.2 Å². The predicted molar refractivity (Wildman–Crippen MR) is 78.0 cm³/mol. The zero-order valence-corrected chi connectivity index (χ0v) is 12.4. The van der Waals surface area contributed by atoms with E-state index in [1.165, 1.54) is 0 Å². The van der Waals surface area contributed by atoms with Crippen LogP contribution >= 0.6 is 0 Å². The maximum absolute atomic E-state index is 12.2. The number of piperidine rings is 1. The standard InChI is InChI=1S/C15H25N3O2/c1-3-12-9-18(7-6-14(12)16)11-15(19)17(2)10-13-5-4-8-20-13/h4-5,8,12,14H,3,6-7,9-11,16H2,1-2H3. The van der Waals surface area contributed by atoms with Gasteiger partial charge in [0.1, 0.15) is 5.76 Å². The van der Waals surface area contributed by atoms with E-state index in [1.807, 2.05) is 19.2 Å². The maximum atomic E-state index is 12.2. The molecule has 1 aliphatic heterocycles. The van der Waals surface area contributed by atoms with E-state index in [2.05, 4.69) is 11.8 Å². The Bertz CT molecular complexity index is 419. The summed E-state index contributed by atoms with van der Waals surface area (Å²) in [7, 11) is 1.82. The van der Waals surface area contributed by atoms with Crippen molar-refractivity contribution in [3.63, 3.8) is 0 Å². The number of amides is 1. The summed E-state index contributed by atoms with van der Waals surface area (Å²) in [5.74, 6) is 1.45. The number of carbonyl (C=O) groups is 1. The summed E-state index contributed by atoms with van der Waals surface area (Å²) in [6, 6.07) is 4.01. The van der Waals surface area contributed by atoms with Crippen molar-refractivity contribution >= 4 is 5.91 Å². The third-order valence-corrected chi connectivity index (χ3v) is 4.16. The third-order valence-electron chi connectivity index (χ3n) is 4.16. The second-order valence-electron chi connectivity index (χ2n) is 5.69. The summed E-state index contributed by atoms with van der Waals surface area (Å²) < 4.78 is 5.27. The lowest BCUT2D eigenvalue weighted by molar-refractivity contribution is -0.132. The van der Waals surface area contributed by atoms with E-state index in [4.69, 9.17) is 10.2 Å². The molecule has 0 aromatic carbocycles. The lowest BCUT2D eigenvalue weighted by Gasteiger charge is -2.36. The smallest absolute Gasteiger partial charge is 0.236 e. The summed E-state index contributed by atoms with van der Waals surface area (Å²) in [6.45, 7) is 5.01. The minimum atomic E-state index is 0.131. The van der Waals surface area contributed by atoms with Crippen LogP contribution in [0.5, 0.6) is 0 Å². The summed E-state index contributed by atoms with van der Waals surface area (Å²) in [5, 5.41) is 0. The zero-order valence-electron chi connectivity index (χ0n) is 12.4. The zero-order chi connectivity index (χ0) is 14.5. The first kappa shape index (κ1) is 15.1. The molecule has 1 amide bonds. The summed E-state index contributed by atoms with van der Waals surface area (Å²) >= 11 is 0. The van der Waals surface area contributed by atoms with E-state index in [1.54, 1.807) is 11.2 Å². The monoisotopic (exact) mass is 279 g/mol. The predicted octanol–water partition coefficient (Wildman–Crippen LogP) is 1.30. The van der Waals surface area contributed by atoms with Crippen LogP contribution in [-0.4, -0.2) is 48.4 Å². The van der Waals surface area contributed by atoms with Crippen LogP contribution < -0.4 is 5.73 Å². The highest BCUT2D eigenvalue weighted by Crippen LogP contribution is 2.18. The summed E-state index contributed by atoms with van der Waals surface area (Å²) in [4.78, 5) is 16.2. The first-order chi connectivity index (χ1) is 9.60. The maximum Gasteiger partial charge on any atom is 0.236 e. The van der Waals surface area contributed by atoms with Gasteiger partial charge in [-0.05, 0) is 24.5 Å². The third kappa shape index (κ3) is 3.84. The van der Waals surface area contributed by atoms with E-state index < -0.39 is 0 Å². The van der Waals surface area contributed by atoms with Gasteiger partial charge in [-0.2, -0.15) is 0 Å². The average Bonchev–Trinajstić information content (AvgIpc) is 2.93. The van der Waals surface area contributed by atoms with Crippen molar-refractivity contribution in [2.24, 2.45) is 11.7 Å². The molecule has 2 heterocycles. The SMILES string of the molecule is CCC1CN(CC(=O)N(C)Cc2ccco2)CCC1N. The molecule has 2 atom stereocenters. The molecule has 1 aromatic rings. The van der Waals surface area contributed by atoms with Crippen LogP contribution in [0.4, 0.5) is 0 Å². The van der Waals surface area contributed by atoms with E-state index in [0.29, 0.717) is 19.0 Å². The van der Waals surface area contributed by atoms with Crippen LogP contribution in [-0.2, 0) is 11.3 Å². The van der Waals surface area contributed by atoms with Crippen molar-refractivity contribution in [2.75, 3.05) is 26.7 Å². The van der Waals surface area contributed by atoms with Crippen LogP contribution in [0, 0.1) is 5.92 Å². The number of likely N-dealkylation sites (tertiary alicyclic amines) is 1. The molecule has 0 bridgehead atoms. The number of furan rings is 1. The Morgan fingerprint density at radius 2 is 2.40 bits per heavy atom. The Morgan fingerprint density at radius 1 is 1.60 bits per heavy atom. The second-order valence-corrected chi connectivity index (χ2v) is 5.69. The van der Waals surface area contributed by atoms with Crippen molar-refractivity contribution < 1.29 is 9.21 Å². The Kier molecular flexibility index (Phi) is 5.20. The number of likely N-dealkylation sites (N-methyl/N-ethyl adjacent to an activating group) is 1. The Labute approximate surface area is 120 Å². The molecular formula is C15H25N3O2. The Hall–Kier alpha value is -1.33. The normalized spacial score (nSPS) is 23.8. The summed E-state index contributed by atoms with van der Waals surface area (Å²) in [5.41, 5.74) is 6.10. The molecule has 2 unspecified atom stereocenters. The van der Waals surface area contributed by atoms with E-state index in [9.17, 15) is 4.79 Å². The first-order valence-electron chi connectivity index (χ1n) is 7.34. The van der Waals surface area contributed by atoms with Gasteiger partial charge in [0.25, 0.3) is 0 Å². The van der Waals surface area contributed by atoms with Gasteiger partial charge in [0.05, 0.1) is 19.4 Å². The lowest BCUT2D eigenvalue weighted by Crippen LogP contribution is -2.49. The summed E-state index contributed by atoms with van der Waals surface area (Å²) in [6.07, 6.45) is 3.69. The van der Waals surface area contributed by atoms with E-state index in [0.717, 1.165) is 31.7 Å². The second kappa shape index (κ2) is 6.90. The fourth-order valence-corrected chi connectivity index (χ4v) is 2.74.